The molecule has 2 fully saturated rings. The van der Waals surface area contributed by atoms with Crippen LogP contribution in [0.25, 0.3) is 0 Å². The zero-order valence-electron chi connectivity index (χ0n) is 8.38. The highest BCUT2D eigenvalue weighted by molar-refractivity contribution is 4.86. The summed E-state index contributed by atoms with van der Waals surface area (Å²) < 4.78 is 5.35. The molecule has 3 nitrogen and oxygen atoms in total. The first-order valence-corrected chi connectivity index (χ1v) is 5.38. The maximum atomic E-state index is 5.35. The highest BCUT2D eigenvalue weighted by atomic mass is 16.5. The molecule has 2 rings (SSSR count). The lowest BCUT2D eigenvalue weighted by Gasteiger charge is -2.17. The molecule has 0 amide bonds. The molecule has 0 spiro atoms. The fourth-order valence-electron chi connectivity index (χ4n) is 2.44. The Bertz CT molecular complexity index is 157. The first kappa shape index (κ1) is 9.44. The third-order valence-electron chi connectivity index (χ3n) is 3.25. The van der Waals surface area contributed by atoms with Gasteiger partial charge in [0.05, 0.1) is 6.10 Å². The number of hydrogen-bond donors (Lipinski definition) is 2. The minimum absolute atomic E-state index is 0.506. The summed E-state index contributed by atoms with van der Waals surface area (Å²) in [6.07, 6.45) is 5.51. The van der Waals surface area contributed by atoms with Gasteiger partial charge in [-0.15, -0.1) is 0 Å². The molecule has 1 saturated carbocycles. The summed E-state index contributed by atoms with van der Waals surface area (Å²) in [7, 11) is 1.82. The Morgan fingerprint density at radius 1 is 1.23 bits per heavy atom. The van der Waals surface area contributed by atoms with E-state index in [1.165, 1.54) is 32.2 Å². The third kappa shape index (κ3) is 2.42. The average Bonchev–Trinajstić information content (AvgIpc) is 2.76. The van der Waals surface area contributed by atoms with E-state index in [0.717, 1.165) is 6.54 Å². The van der Waals surface area contributed by atoms with Gasteiger partial charge >= 0.3 is 0 Å². The van der Waals surface area contributed by atoms with E-state index in [4.69, 9.17) is 4.74 Å². The summed E-state index contributed by atoms with van der Waals surface area (Å²) in [5.74, 6) is 0. The summed E-state index contributed by atoms with van der Waals surface area (Å²) in [6, 6.07) is 1.41. The van der Waals surface area contributed by atoms with Gasteiger partial charge in [-0.05, 0) is 32.2 Å². The fourth-order valence-corrected chi connectivity index (χ4v) is 2.44. The molecule has 1 aliphatic heterocycles. The van der Waals surface area contributed by atoms with E-state index < -0.39 is 0 Å². The molecule has 0 aromatic carbocycles. The van der Waals surface area contributed by atoms with Gasteiger partial charge in [-0.1, -0.05) is 0 Å². The summed E-state index contributed by atoms with van der Waals surface area (Å²) in [4.78, 5) is 0. The average molecular weight is 184 g/mol. The Hall–Kier alpha value is -0.120. The second-order valence-electron chi connectivity index (χ2n) is 4.22. The molecule has 3 heteroatoms. The molecule has 1 saturated heterocycles. The first-order valence-electron chi connectivity index (χ1n) is 5.38. The lowest BCUT2D eigenvalue weighted by atomic mass is 10.2. The van der Waals surface area contributed by atoms with Crippen molar-refractivity contribution >= 4 is 0 Å². The Kier molecular flexibility index (Phi) is 3.19. The van der Waals surface area contributed by atoms with Crippen LogP contribution in [0.4, 0.5) is 0 Å². The largest absolute Gasteiger partial charge is 0.381 e. The molecule has 3 unspecified atom stereocenters. The Morgan fingerprint density at radius 2 is 2.15 bits per heavy atom. The summed E-state index contributed by atoms with van der Waals surface area (Å²) in [6.45, 7) is 2.33. The van der Waals surface area contributed by atoms with E-state index in [2.05, 4.69) is 10.6 Å². The van der Waals surface area contributed by atoms with E-state index in [0.29, 0.717) is 18.2 Å². The van der Waals surface area contributed by atoms with Gasteiger partial charge in [0, 0.05) is 25.7 Å². The van der Waals surface area contributed by atoms with Gasteiger partial charge in [0.2, 0.25) is 0 Å². The zero-order chi connectivity index (χ0) is 9.10. The van der Waals surface area contributed by atoms with Crippen LogP contribution in [0.5, 0.6) is 0 Å². The molecular formula is C10H20N2O. The van der Waals surface area contributed by atoms with E-state index >= 15 is 0 Å². The van der Waals surface area contributed by atoms with Gasteiger partial charge in [-0.25, -0.2) is 0 Å². The van der Waals surface area contributed by atoms with Gasteiger partial charge in [0.25, 0.3) is 0 Å². The van der Waals surface area contributed by atoms with Crippen molar-refractivity contribution in [1.29, 1.82) is 0 Å². The minimum Gasteiger partial charge on any atom is -0.381 e. The third-order valence-corrected chi connectivity index (χ3v) is 3.25. The van der Waals surface area contributed by atoms with Crippen LogP contribution in [0.15, 0.2) is 0 Å². The molecule has 3 atom stereocenters. The van der Waals surface area contributed by atoms with Gasteiger partial charge in [-0.3, -0.25) is 0 Å². The molecule has 1 heterocycles. The molecule has 0 aromatic heterocycles. The van der Waals surface area contributed by atoms with Crippen LogP contribution >= 0.6 is 0 Å². The first-order chi connectivity index (χ1) is 6.38. The van der Waals surface area contributed by atoms with Crippen LogP contribution in [0.2, 0.25) is 0 Å². The summed E-state index contributed by atoms with van der Waals surface area (Å²) >= 11 is 0. The quantitative estimate of drug-likeness (QED) is 0.670. The molecule has 0 radical (unpaired) electrons. The lowest BCUT2D eigenvalue weighted by molar-refractivity contribution is 0.106. The predicted molar refractivity (Wildman–Crippen MR) is 52.8 cm³/mol. The second kappa shape index (κ2) is 4.40. The summed E-state index contributed by atoms with van der Waals surface area (Å²) in [5.41, 5.74) is 0. The van der Waals surface area contributed by atoms with E-state index in [1.807, 2.05) is 7.11 Å². The van der Waals surface area contributed by atoms with Gasteiger partial charge < -0.3 is 15.4 Å². The maximum Gasteiger partial charge on any atom is 0.0586 e. The molecule has 0 bridgehead atoms. The number of ether oxygens (including phenoxy) is 1. The van der Waals surface area contributed by atoms with Crippen molar-refractivity contribution in [3.63, 3.8) is 0 Å². The van der Waals surface area contributed by atoms with Crippen LogP contribution in [-0.4, -0.2) is 38.4 Å². The van der Waals surface area contributed by atoms with E-state index in [9.17, 15) is 0 Å². The normalized spacial score (nSPS) is 39.9. The molecule has 76 valence electrons. The highest BCUT2D eigenvalue weighted by Gasteiger charge is 2.26. The van der Waals surface area contributed by atoms with Crippen molar-refractivity contribution in [2.45, 2.75) is 43.9 Å². The lowest BCUT2D eigenvalue weighted by Crippen LogP contribution is -2.38. The van der Waals surface area contributed by atoms with E-state index in [1.54, 1.807) is 0 Å². The minimum atomic E-state index is 0.506. The number of methoxy groups -OCH3 is 1. The number of nitrogens with one attached hydrogen (secondary N) is 2. The van der Waals surface area contributed by atoms with E-state index in [-0.39, 0.29) is 0 Å². The van der Waals surface area contributed by atoms with Crippen molar-refractivity contribution < 1.29 is 4.74 Å². The monoisotopic (exact) mass is 184 g/mol. The van der Waals surface area contributed by atoms with Crippen LogP contribution in [0.1, 0.15) is 25.7 Å². The molecule has 1 aliphatic carbocycles. The van der Waals surface area contributed by atoms with Crippen LogP contribution in [-0.2, 0) is 4.74 Å². The number of hydrogen-bond acceptors (Lipinski definition) is 3. The Balaban J connectivity index is 1.70. The predicted octanol–water partition coefficient (Wildman–Crippen LogP) is 0.505. The standard InChI is InChI=1S/C10H20N2O/c1-13-10-3-2-8(6-10)12-9-4-5-11-7-9/h8-12H,2-7H2,1H3. The van der Waals surface area contributed by atoms with Crippen molar-refractivity contribution in [2.75, 3.05) is 20.2 Å². The molecular weight excluding hydrogens is 164 g/mol. The molecule has 2 aliphatic rings. The maximum absolute atomic E-state index is 5.35. The van der Waals surface area contributed by atoms with Gasteiger partial charge in [-0.2, -0.15) is 0 Å². The van der Waals surface area contributed by atoms with Crippen LogP contribution < -0.4 is 10.6 Å². The van der Waals surface area contributed by atoms with Crippen LogP contribution in [0, 0.1) is 0 Å². The van der Waals surface area contributed by atoms with Gasteiger partial charge in [0.15, 0.2) is 0 Å². The SMILES string of the molecule is COC1CCC(NC2CCNC2)C1. The van der Waals surface area contributed by atoms with Crippen LogP contribution in [0.3, 0.4) is 0 Å². The fraction of sp³-hybridized carbons (Fsp3) is 1.00. The van der Waals surface area contributed by atoms with Gasteiger partial charge in [0.1, 0.15) is 0 Å². The topological polar surface area (TPSA) is 33.3 Å². The second-order valence-corrected chi connectivity index (χ2v) is 4.22. The van der Waals surface area contributed by atoms with Crippen molar-refractivity contribution in [3.8, 4) is 0 Å². The smallest absolute Gasteiger partial charge is 0.0586 e. The number of rotatable bonds is 3. The van der Waals surface area contributed by atoms with Crippen molar-refractivity contribution in [3.05, 3.63) is 0 Å². The Labute approximate surface area is 80.2 Å². The zero-order valence-corrected chi connectivity index (χ0v) is 8.38. The highest BCUT2D eigenvalue weighted by Crippen LogP contribution is 2.22. The Morgan fingerprint density at radius 3 is 2.77 bits per heavy atom. The molecule has 13 heavy (non-hydrogen) atoms. The molecule has 2 N–H and O–H groups in total. The van der Waals surface area contributed by atoms with Crippen molar-refractivity contribution in [1.82, 2.24) is 10.6 Å². The summed E-state index contributed by atoms with van der Waals surface area (Å²) in [5, 5.41) is 7.08. The molecule has 0 aromatic rings. The van der Waals surface area contributed by atoms with Crippen molar-refractivity contribution in [2.24, 2.45) is 0 Å².